The third kappa shape index (κ3) is 8.31. The van der Waals surface area contributed by atoms with E-state index in [0.29, 0.717) is 44.4 Å². The molecule has 7 heteroatoms. The van der Waals surface area contributed by atoms with Gasteiger partial charge in [0.15, 0.2) is 6.10 Å². The van der Waals surface area contributed by atoms with Crippen molar-refractivity contribution in [2.24, 2.45) is 5.92 Å². The number of benzene rings is 1. The molecule has 1 aliphatic carbocycles. The molecule has 0 aliphatic heterocycles. The zero-order chi connectivity index (χ0) is 21.2. The van der Waals surface area contributed by atoms with E-state index in [4.69, 9.17) is 14.2 Å². The number of rotatable bonds is 13. The van der Waals surface area contributed by atoms with E-state index in [0.717, 1.165) is 24.8 Å². The van der Waals surface area contributed by atoms with E-state index in [1.807, 2.05) is 38.1 Å². The van der Waals surface area contributed by atoms with Gasteiger partial charge in [-0.2, -0.15) is 0 Å². The smallest absolute Gasteiger partial charge is 0.410 e. The van der Waals surface area contributed by atoms with Crippen molar-refractivity contribution >= 4 is 12.1 Å². The molecule has 0 saturated heterocycles. The van der Waals surface area contributed by atoms with E-state index in [1.54, 1.807) is 11.8 Å². The van der Waals surface area contributed by atoms with Crippen LogP contribution in [0.3, 0.4) is 0 Å². The number of amides is 1. The monoisotopic (exact) mass is 407 g/mol. The second-order valence-corrected chi connectivity index (χ2v) is 7.47. The molecule has 7 nitrogen and oxygen atoms in total. The molecule has 1 aliphatic rings. The van der Waals surface area contributed by atoms with Gasteiger partial charge >= 0.3 is 12.1 Å². The van der Waals surface area contributed by atoms with Gasteiger partial charge in [0.2, 0.25) is 0 Å². The van der Waals surface area contributed by atoms with Crippen LogP contribution in [0.2, 0.25) is 0 Å². The summed E-state index contributed by atoms with van der Waals surface area (Å²) in [5, 5.41) is 9.18. The van der Waals surface area contributed by atoms with Crippen molar-refractivity contribution in [2.45, 2.75) is 58.7 Å². The molecule has 0 aromatic heterocycles. The molecule has 1 aromatic carbocycles. The maximum Gasteiger partial charge on any atom is 0.410 e. The van der Waals surface area contributed by atoms with Crippen LogP contribution in [-0.2, 0) is 20.7 Å². The molecular weight excluding hydrogens is 374 g/mol. The van der Waals surface area contributed by atoms with Gasteiger partial charge in [0.25, 0.3) is 0 Å². The average molecular weight is 408 g/mol. The van der Waals surface area contributed by atoms with Gasteiger partial charge in [0.05, 0.1) is 6.54 Å². The van der Waals surface area contributed by atoms with E-state index in [9.17, 15) is 14.7 Å². The van der Waals surface area contributed by atoms with E-state index >= 15 is 0 Å². The summed E-state index contributed by atoms with van der Waals surface area (Å²) in [6.07, 6.45) is 2.20. The normalized spacial score (nSPS) is 15.4. The molecule has 1 aromatic rings. The second kappa shape index (κ2) is 11.7. The highest BCUT2D eigenvalue weighted by Crippen LogP contribution is 2.30. The van der Waals surface area contributed by atoms with Crippen molar-refractivity contribution < 1.29 is 28.9 Å². The number of aliphatic carboxylic acids is 1. The summed E-state index contributed by atoms with van der Waals surface area (Å²) in [5.41, 5.74) is 0.866. The van der Waals surface area contributed by atoms with Gasteiger partial charge < -0.3 is 24.2 Å². The minimum Gasteiger partial charge on any atom is -0.492 e. The molecular formula is C22H33NO6. The van der Waals surface area contributed by atoms with Crippen molar-refractivity contribution in [1.82, 2.24) is 4.90 Å². The molecule has 1 fully saturated rings. The Balaban J connectivity index is 1.82. The third-order valence-corrected chi connectivity index (χ3v) is 4.93. The number of nitrogens with zero attached hydrogens (tertiary/aromatic N) is 1. The Hall–Kier alpha value is -2.28. The van der Waals surface area contributed by atoms with E-state index in [2.05, 4.69) is 0 Å². The maximum atomic E-state index is 12.4. The molecule has 0 radical (unpaired) electrons. The Labute approximate surface area is 172 Å². The fraction of sp³-hybridized carbons (Fsp3) is 0.636. The Kier molecular flexibility index (Phi) is 9.25. The topological polar surface area (TPSA) is 85.3 Å². The minimum atomic E-state index is -0.966. The zero-order valence-corrected chi connectivity index (χ0v) is 17.6. The molecule has 1 saturated carbocycles. The third-order valence-electron chi connectivity index (χ3n) is 4.93. The van der Waals surface area contributed by atoms with E-state index in [-0.39, 0.29) is 12.2 Å². The van der Waals surface area contributed by atoms with Crippen LogP contribution in [0.25, 0.3) is 0 Å². The van der Waals surface area contributed by atoms with Crippen LogP contribution in [0.4, 0.5) is 4.79 Å². The number of carbonyl (C=O) groups is 2. The first-order chi connectivity index (χ1) is 13.9. The highest BCUT2D eigenvalue weighted by molar-refractivity contribution is 5.72. The van der Waals surface area contributed by atoms with Gasteiger partial charge in [-0.3, -0.25) is 0 Å². The highest BCUT2D eigenvalue weighted by atomic mass is 16.6. The lowest BCUT2D eigenvalue weighted by Gasteiger charge is -2.24. The fourth-order valence-electron chi connectivity index (χ4n) is 2.83. The Morgan fingerprint density at radius 1 is 1.21 bits per heavy atom. The largest absolute Gasteiger partial charge is 0.492 e. The van der Waals surface area contributed by atoms with Gasteiger partial charge in [0.1, 0.15) is 18.5 Å². The van der Waals surface area contributed by atoms with Crippen LogP contribution in [0.15, 0.2) is 24.3 Å². The minimum absolute atomic E-state index is 0.0935. The predicted octanol–water partition coefficient (Wildman–Crippen LogP) is 3.74. The second-order valence-electron chi connectivity index (χ2n) is 7.47. The summed E-state index contributed by atoms with van der Waals surface area (Å²) in [7, 11) is 0. The van der Waals surface area contributed by atoms with Crippen molar-refractivity contribution in [1.29, 1.82) is 0 Å². The summed E-state index contributed by atoms with van der Waals surface area (Å²) in [5.74, 6) is 0.289. The van der Waals surface area contributed by atoms with Gasteiger partial charge in [-0.15, -0.1) is 0 Å². The summed E-state index contributed by atoms with van der Waals surface area (Å²) >= 11 is 0. The Bertz CT molecular complexity index is 643. The number of carboxylic acid groups (broad SMARTS) is 1. The standard InChI is InChI=1S/C22H33NO6/c1-4-16(3)29-22(26)23(15-18-6-7-18)12-13-28-19-10-8-17(9-11-19)14-20(21(24)25)27-5-2/h8-11,16,18,20H,4-7,12-15H2,1-3H3,(H,24,25). The summed E-state index contributed by atoms with van der Waals surface area (Å²) in [6, 6.07) is 7.29. The van der Waals surface area contributed by atoms with E-state index < -0.39 is 12.1 Å². The Morgan fingerprint density at radius 2 is 1.90 bits per heavy atom. The zero-order valence-electron chi connectivity index (χ0n) is 17.6. The first-order valence-electron chi connectivity index (χ1n) is 10.4. The molecule has 2 rings (SSSR count). The predicted molar refractivity (Wildman–Crippen MR) is 109 cm³/mol. The highest BCUT2D eigenvalue weighted by Gasteiger charge is 2.28. The van der Waals surface area contributed by atoms with Crippen LogP contribution in [0.1, 0.15) is 45.6 Å². The molecule has 2 unspecified atom stereocenters. The number of carbonyl (C=O) groups excluding carboxylic acids is 1. The lowest BCUT2D eigenvalue weighted by Crippen LogP contribution is -2.38. The first kappa shape index (κ1) is 23.0. The summed E-state index contributed by atoms with van der Waals surface area (Å²) in [6.45, 7) is 7.57. The number of hydrogen-bond acceptors (Lipinski definition) is 5. The maximum absolute atomic E-state index is 12.4. The lowest BCUT2D eigenvalue weighted by molar-refractivity contribution is -0.149. The lowest BCUT2D eigenvalue weighted by atomic mass is 10.1. The number of carboxylic acids is 1. The molecule has 0 spiro atoms. The SMILES string of the molecule is CCOC(Cc1ccc(OCCN(CC2CC2)C(=O)OC(C)CC)cc1)C(=O)O. The van der Waals surface area contributed by atoms with Gasteiger partial charge in [0, 0.05) is 19.6 Å². The summed E-state index contributed by atoms with van der Waals surface area (Å²) in [4.78, 5) is 25.3. The van der Waals surface area contributed by atoms with Crippen LogP contribution < -0.4 is 4.74 Å². The van der Waals surface area contributed by atoms with E-state index in [1.165, 1.54) is 0 Å². The molecule has 0 bridgehead atoms. The fourth-order valence-corrected chi connectivity index (χ4v) is 2.83. The molecule has 1 amide bonds. The molecule has 1 N–H and O–H groups in total. The van der Waals surface area contributed by atoms with Crippen LogP contribution in [0.5, 0.6) is 5.75 Å². The van der Waals surface area contributed by atoms with Crippen LogP contribution >= 0.6 is 0 Å². The van der Waals surface area contributed by atoms with Crippen molar-refractivity contribution in [3.8, 4) is 5.75 Å². The van der Waals surface area contributed by atoms with Gasteiger partial charge in [-0.1, -0.05) is 19.1 Å². The number of hydrogen-bond donors (Lipinski definition) is 1. The van der Waals surface area contributed by atoms with Gasteiger partial charge in [-0.25, -0.2) is 9.59 Å². The average Bonchev–Trinajstić information content (AvgIpc) is 3.52. The first-order valence-corrected chi connectivity index (χ1v) is 10.4. The van der Waals surface area contributed by atoms with Crippen molar-refractivity contribution in [3.05, 3.63) is 29.8 Å². The van der Waals surface area contributed by atoms with Crippen LogP contribution in [-0.4, -0.2) is 60.6 Å². The summed E-state index contributed by atoms with van der Waals surface area (Å²) < 4.78 is 16.5. The Morgan fingerprint density at radius 3 is 2.45 bits per heavy atom. The molecule has 0 heterocycles. The quantitative estimate of drug-likeness (QED) is 0.536. The molecule has 29 heavy (non-hydrogen) atoms. The van der Waals surface area contributed by atoms with Crippen molar-refractivity contribution in [3.63, 3.8) is 0 Å². The van der Waals surface area contributed by atoms with Crippen molar-refractivity contribution in [2.75, 3.05) is 26.3 Å². The molecule has 162 valence electrons. The van der Waals surface area contributed by atoms with Gasteiger partial charge in [-0.05, 0) is 56.7 Å². The molecule has 2 atom stereocenters. The number of ether oxygens (including phenoxy) is 3. The van der Waals surface area contributed by atoms with Crippen LogP contribution in [0, 0.1) is 5.92 Å².